The standard InChI is InChI=1S/C21H18N4O2S/c1-13(26)22-15-7-9-16(10-8-15)23-21-24-20(27)19(28-21)11-14-12-25(2)18-6-4-3-5-17(14)18/h3-12H,1-2H3,(H,22,26)(H,23,24,27)/b19-11-. The van der Waals surface area contributed by atoms with Gasteiger partial charge in [-0.25, -0.2) is 4.99 Å². The minimum Gasteiger partial charge on any atom is -0.350 e. The number of hydrogen-bond donors (Lipinski definition) is 2. The van der Waals surface area contributed by atoms with Crippen LogP contribution in [0, 0.1) is 0 Å². The highest BCUT2D eigenvalue weighted by molar-refractivity contribution is 8.18. The minimum absolute atomic E-state index is 0.124. The van der Waals surface area contributed by atoms with Crippen molar-refractivity contribution < 1.29 is 9.59 Å². The molecule has 3 aromatic rings. The number of benzene rings is 2. The molecule has 0 bridgehead atoms. The highest BCUT2D eigenvalue weighted by Gasteiger charge is 2.24. The average molecular weight is 390 g/mol. The monoisotopic (exact) mass is 390 g/mol. The molecule has 140 valence electrons. The SMILES string of the molecule is CC(=O)Nc1ccc(N=C2NC(=O)/C(=C/c3cn(C)c4ccccc34)S2)cc1. The van der Waals surface area contributed by atoms with Gasteiger partial charge in [0.25, 0.3) is 5.91 Å². The molecule has 1 fully saturated rings. The van der Waals surface area contributed by atoms with Gasteiger partial charge in [-0.3, -0.25) is 9.59 Å². The van der Waals surface area contributed by atoms with Crippen LogP contribution in [0.3, 0.4) is 0 Å². The third kappa shape index (κ3) is 3.70. The summed E-state index contributed by atoms with van der Waals surface area (Å²) in [5, 5.41) is 7.15. The lowest BCUT2D eigenvalue weighted by Gasteiger charge is -2.02. The lowest BCUT2D eigenvalue weighted by molar-refractivity contribution is -0.115. The summed E-state index contributed by atoms with van der Waals surface area (Å²) < 4.78 is 2.05. The lowest BCUT2D eigenvalue weighted by Crippen LogP contribution is -2.19. The van der Waals surface area contributed by atoms with Gasteiger partial charge in [0.15, 0.2) is 5.17 Å². The van der Waals surface area contributed by atoms with Crippen LogP contribution < -0.4 is 10.6 Å². The van der Waals surface area contributed by atoms with Crippen LogP contribution in [0.1, 0.15) is 12.5 Å². The summed E-state index contributed by atoms with van der Waals surface area (Å²) >= 11 is 1.31. The molecule has 6 nitrogen and oxygen atoms in total. The van der Waals surface area contributed by atoms with Crippen molar-refractivity contribution in [2.24, 2.45) is 12.0 Å². The number of anilines is 1. The number of rotatable bonds is 3. The third-order valence-electron chi connectivity index (χ3n) is 4.28. The Labute approximate surface area is 166 Å². The summed E-state index contributed by atoms with van der Waals surface area (Å²) in [5.41, 5.74) is 3.52. The van der Waals surface area contributed by atoms with Crippen LogP contribution in [-0.4, -0.2) is 21.5 Å². The topological polar surface area (TPSA) is 75.5 Å². The van der Waals surface area contributed by atoms with E-state index < -0.39 is 0 Å². The highest BCUT2D eigenvalue weighted by atomic mass is 32.2. The van der Waals surface area contributed by atoms with E-state index in [1.165, 1.54) is 18.7 Å². The number of aliphatic imine (C=N–C) groups is 1. The predicted molar refractivity (Wildman–Crippen MR) is 114 cm³/mol. The van der Waals surface area contributed by atoms with Gasteiger partial charge in [-0.15, -0.1) is 0 Å². The summed E-state index contributed by atoms with van der Waals surface area (Å²) in [5.74, 6) is -0.285. The van der Waals surface area contributed by atoms with E-state index in [9.17, 15) is 9.59 Å². The first-order valence-electron chi connectivity index (χ1n) is 8.71. The normalized spacial score (nSPS) is 16.7. The minimum atomic E-state index is -0.161. The second-order valence-corrected chi connectivity index (χ2v) is 7.45. The number of fused-ring (bicyclic) bond motifs is 1. The zero-order valence-electron chi connectivity index (χ0n) is 15.4. The van der Waals surface area contributed by atoms with Crippen LogP contribution in [0.15, 0.2) is 64.6 Å². The molecule has 0 saturated carbocycles. The first kappa shape index (κ1) is 18.1. The molecule has 28 heavy (non-hydrogen) atoms. The van der Waals surface area contributed by atoms with Crippen LogP contribution in [0.25, 0.3) is 17.0 Å². The van der Waals surface area contributed by atoms with Crippen LogP contribution in [0.4, 0.5) is 11.4 Å². The quantitative estimate of drug-likeness (QED) is 0.663. The van der Waals surface area contributed by atoms with Gasteiger partial charge >= 0.3 is 0 Å². The van der Waals surface area contributed by atoms with Crippen molar-refractivity contribution in [1.29, 1.82) is 0 Å². The Bertz CT molecular complexity index is 1140. The van der Waals surface area contributed by atoms with Crippen LogP contribution in [0.5, 0.6) is 0 Å². The van der Waals surface area contributed by atoms with Gasteiger partial charge in [0.05, 0.1) is 10.6 Å². The van der Waals surface area contributed by atoms with E-state index in [1.807, 2.05) is 42.1 Å². The number of nitrogens with zero attached hydrogens (tertiary/aromatic N) is 2. The lowest BCUT2D eigenvalue weighted by atomic mass is 10.1. The van der Waals surface area contributed by atoms with E-state index in [0.29, 0.717) is 21.4 Å². The van der Waals surface area contributed by atoms with Crippen LogP contribution >= 0.6 is 11.8 Å². The molecule has 1 saturated heterocycles. The van der Waals surface area contributed by atoms with E-state index in [-0.39, 0.29) is 11.8 Å². The van der Waals surface area contributed by atoms with Crippen molar-refractivity contribution in [1.82, 2.24) is 9.88 Å². The zero-order valence-corrected chi connectivity index (χ0v) is 16.2. The fourth-order valence-corrected chi connectivity index (χ4v) is 3.88. The summed E-state index contributed by atoms with van der Waals surface area (Å²) in [4.78, 5) is 28.5. The predicted octanol–water partition coefficient (Wildman–Crippen LogP) is 4.03. The fourth-order valence-electron chi connectivity index (χ4n) is 3.05. The Hall–Kier alpha value is -3.32. The number of aromatic nitrogens is 1. The largest absolute Gasteiger partial charge is 0.350 e. The Balaban J connectivity index is 1.57. The molecule has 1 aliphatic heterocycles. The first-order chi connectivity index (χ1) is 13.5. The van der Waals surface area contributed by atoms with E-state index >= 15 is 0 Å². The van der Waals surface area contributed by atoms with Gasteiger partial charge in [-0.1, -0.05) is 18.2 Å². The Morgan fingerprint density at radius 2 is 1.93 bits per heavy atom. The Morgan fingerprint density at radius 3 is 2.68 bits per heavy atom. The maximum absolute atomic E-state index is 12.4. The molecule has 1 aromatic heterocycles. The van der Waals surface area contributed by atoms with Crippen molar-refractivity contribution in [2.45, 2.75) is 6.92 Å². The average Bonchev–Trinajstić information content (AvgIpc) is 3.17. The molecule has 0 spiro atoms. The van der Waals surface area contributed by atoms with Crippen molar-refractivity contribution in [2.75, 3.05) is 5.32 Å². The molecule has 0 atom stereocenters. The number of carbonyl (C=O) groups is 2. The maximum atomic E-state index is 12.4. The molecule has 0 aliphatic carbocycles. The van der Waals surface area contributed by atoms with Crippen molar-refractivity contribution in [3.8, 4) is 0 Å². The van der Waals surface area contributed by atoms with Crippen molar-refractivity contribution >= 4 is 57.1 Å². The van der Waals surface area contributed by atoms with Gasteiger partial charge in [-0.05, 0) is 48.2 Å². The number of aryl methyl sites for hydroxylation is 1. The third-order valence-corrected chi connectivity index (χ3v) is 5.19. The van der Waals surface area contributed by atoms with E-state index in [1.54, 1.807) is 24.3 Å². The molecule has 2 aromatic carbocycles. The van der Waals surface area contributed by atoms with E-state index in [0.717, 1.165) is 16.5 Å². The molecule has 0 radical (unpaired) electrons. The van der Waals surface area contributed by atoms with Gasteiger partial charge < -0.3 is 15.2 Å². The molecule has 2 heterocycles. The zero-order chi connectivity index (χ0) is 19.7. The molecule has 0 unspecified atom stereocenters. The van der Waals surface area contributed by atoms with Crippen LogP contribution in [0.2, 0.25) is 0 Å². The van der Waals surface area contributed by atoms with E-state index in [4.69, 9.17) is 0 Å². The molecule has 2 N–H and O–H groups in total. The molecule has 4 rings (SSSR count). The highest BCUT2D eigenvalue weighted by Crippen LogP contribution is 2.31. The first-order valence-corrected chi connectivity index (χ1v) is 9.52. The number of hydrogen-bond acceptors (Lipinski definition) is 4. The molecule has 1 aliphatic rings. The number of amides is 2. The number of carbonyl (C=O) groups excluding carboxylic acids is 2. The van der Waals surface area contributed by atoms with Gasteiger partial charge in [0, 0.05) is 42.3 Å². The number of thioether (sulfide) groups is 1. The number of nitrogens with one attached hydrogen (secondary N) is 2. The van der Waals surface area contributed by atoms with Crippen molar-refractivity contribution in [3.05, 3.63) is 65.2 Å². The Kier molecular flexibility index (Phi) is 4.75. The second-order valence-electron chi connectivity index (χ2n) is 6.42. The van der Waals surface area contributed by atoms with Crippen LogP contribution in [-0.2, 0) is 16.6 Å². The molecular formula is C21H18N4O2S. The molecule has 2 amide bonds. The summed E-state index contributed by atoms with van der Waals surface area (Å²) in [6, 6.07) is 15.2. The van der Waals surface area contributed by atoms with Gasteiger partial charge in [0.2, 0.25) is 5.91 Å². The van der Waals surface area contributed by atoms with E-state index in [2.05, 4.69) is 21.7 Å². The molecular weight excluding hydrogens is 372 g/mol. The second kappa shape index (κ2) is 7.36. The fraction of sp³-hybridized carbons (Fsp3) is 0.0952. The number of amidine groups is 1. The van der Waals surface area contributed by atoms with Crippen molar-refractivity contribution in [3.63, 3.8) is 0 Å². The smallest absolute Gasteiger partial charge is 0.264 e. The Morgan fingerprint density at radius 1 is 1.18 bits per heavy atom. The van der Waals surface area contributed by atoms with Gasteiger partial charge in [0.1, 0.15) is 0 Å². The van der Waals surface area contributed by atoms with Gasteiger partial charge in [-0.2, -0.15) is 0 Å². The summed E-state index contributed by atoms with van der Waals surface area (Å²) in [7, 11) is 1.99. The summed E-state index contributed by atoms with van der Waals surface area (Å²) in [6.07, 6.45) is 3.91. The number of para-hydroxylation sites is 1. The summed E-state index contributed by atoms with van der Waals surface area (Å²) in [6.45, 7) is 1.46. The maximum Gasteiger partial charge on any atom is 0.264 e. The molecule has 7 heteroatoms.